The van der Waals surface area contributed by atoms with Gasteiger partial charge in [-0.3, -0.25) is 4.79 Å². The van der Waals surface area contributed by atoms with Crippen LogP contribution in [0.2, 0.25) is 0 Å². The van der Waals surface area contributed by atoms with Crippen LogP contribution in [-0.4, -0.2) is 36.1 Å². The largest absolute Gasteiger partial charge is 0.467 e. The second kappa shape index (κ2) is 8.70. The molecule has 0 aliphatic heterocycles. The molecule has 0 saturated heterocycles. The molecule has 0 spiro atoms. The second-order valence-electron chi connectivity index (χ2n) is 5.92. The fourth-order valence-corrected chi connectivity index (χ4v) is 2.52. The number of hydrogen-bond donors (Lipinski definition) is 3. The molecule has 0 fully saturated rings. The Labute approximate surface area is 147 Å². The number of aromatic amines is 1. The third-order valence-electron chi connectivity index (χ3n) is 3.87. The van der Waals surface area contributed by atoms with E-state index in [0.717, 1.165) is 16.5 Å². The molecule has 7 heteroatoms. The van der Waals surface area contributed by atoms with Crippen LogP contribution in [0.3, 0.4) is 0 Å². The van der Waals surface area contributed by atoms with Crippen molar-refractivity contribution in [3.8, 4) is 0 Å². The molecule has 2 unspecified atom stereocenters. The number of esters is 1. The molecule has 24 heavy (non-hydrogen) atoms. The number of benzene rings is 1. The zero-order chi connectivity index (χ0) is 17.0. The maximum Gasteiger partial charge on any atom is 0.328 e. The number of halogens is 1. The SMILES string of the molecule is COC(=O)C(NC(=O)C(N)Cc1c[nH]c2ccccc12)C(C)C.Cl. The second-order valence-corrected chi connectivity index (χ2v) is 5.92. The monoisotopic (exact) mass is 353 g/mol. The maximum atomic E-state index is 12.3. The molecule has 1 heterocycles. The van der Waals surface area contributed by atoms with Gasteiger partial charge in [-0.1, -0.05) is 32.0 Å². The fourth-order valence-electron chi connectivity index (χ4n) is 2.52. The topological polar surface area (TPSA) is 97.2 Å². The highest BCUT2D eigenvalue weighted by atomic mass is 35.5. The number of carbonyl (C=O) groups excluding carboxylic acids is 2. The average Bonchev–Trinajstić information content (AvgIpc) is 2.94. The van der Waals surface area contributed by atoms with E-state index in [-0.39, 0.29) is 24.2 Å². The van der Waals surface area contributed by atoms with E-state index < -0.39 is 18.1 Å². The van der Waals surface area contributed by atoms with Gasteiger partial charge in [-0.2, -0.15) is 0 Å². The van der Waals surface area contributed by atoms with Gasteiger partial charge in [0.1, 0.15) is 6.04 Å². The molecule has 0 aliphatic carbocycles. The van der Waals surface area contributed by atoms with E-state index in [4.69, 9.17) is 10.5 Å². The van der Waals surface area contributed by atoms with Gasteiger partial charge in [0.15, 0.2) is 0 Å². The third kappa shape index (κ3) is 4.49. The van der Waals surface area contributed by atoms with Crippen molar-refractivity contribution in [2.45, 2.75) is 32.4 Å². The van der Waals surface area contributed by atoms with Crippen molar-refractivity contribution >= 4 is 35.2 Å². The van der Waals surface area contributed by atoms with Gasteiger partial charge in [0.2, 0.25) is 5.91 Å². The molecule has 4 N–H and O–H groups in total. The van der Waals surface area contributed by atoms with Crippen molar-refractivity contribution in [1.29, 1.82) is 0 Å². The van der Waals surface area contributed by atoms with Crippen LogP contribution < -0.4 is 11.1 Å². The highest BCUT2D eigenvalue weighted by Crippen LogP contribution is 2.18. The first kappa shape index (κ1) is 20.0. The molecule has 132 valence electrons. The maximum absolute atomic E-state index is 12.3. The highest BCUT2D eigenvalue weighted by molar-refractivity contribution is 5.89. The zero-order valence-electron chi connectivity index (χ0n) is 14.0. The molecule has 0 radical (unpaired) electrons. The molecule has 2 aromatic rings. The summed E-state index contributed by atoms with van der Waals surface area (Å²) in [6.07, 6.45) is 2.25. The highest BCUT2D eigenvalue weighted by Gasteiger charge is 2.27. The molecule has 0 aliphatic rings. The lowest BCUT2D eigenvalue weighted by Crippen LogP contribution is -2.51. The Kier molecular flexibility index (Phi) is 7.25. The predicted octanol–water partition coefficient (Wildman–Crippen LogP) is 1.77. The summed E-state index contributed by atoms with van der Waals surface area (Å²) >= 11 is 0. The van der Waals surface area contributed by atoms with Gasteiger partial charge in [0.25, 0.3) is 0 Å². The van der Waals surface area contributed by atoms with Gasteiger partial charge in [0, 0.05) is 17.1 Å². The molecule has 2 rings (SSSR count). The summed E-state index contributed by atoms with van der Waals surface area (Å²) in [6.45, 7) is 3.68. The van der Waals surface area contributed by atoms with Crippen molar-refractivity contribution in [1.82, 2.24) is 10.3 Å². The standard InChI is InChI=1S/C17H23N3O3.ClH/c1-10(2)15(17(22)23-3)20-16(21)13(18)8-11-9-19-14-7-5-4-6-12(11)14;/h4-7,9-10,13,15,19H,8,18H2,1-3H3,(H,20,21);1H. The molecular weight excluding hydrogens is 330 g/mol. The Balaban J connectivity index is 0.00000288. The Morgan fingerprint density at radius 1 is 1.29 bits per heavy atom. The lowest BCUT2D eigenvalue weighted by Gasteiger charge is -2.21. The number of nitrogens with two attached hydrogens (primary N) is 1. The summed E-state index contributed by atoms with van der Waals surface area (Å²) in [5.41, 5.74) is 7.99. The number of ether oxygens (including phenoxy) is 1. The number of para-hydroxylation sites is 1. The quantitative estimate of drug-likeness (QED) is 0.689. The summed E-state index contributed by atoms with van der Waals surface area (Å²) < 4.78 is 4.72. The van der Waals surface area contributed by atoms with E-state index >= 15 is 0 Å². The molecule has 0 bridgehead atoms. The van der Waals surface area contributed by atoms with Gasteiger partial charge in [-0.25, -0.2) is 4.79 Å². The number of methoxy groups -OCH3 is 1. The van der Waals surface area contributed by atoms with E-state index in [1.54, 1.807) is 0 Å². The smallest absolute Gasteiger partial charge is 0.328 e. The number of fused-ring (bicyclic) bond motifs is 1. The Bertz CT molecular complexity index is 699. The van der Waals surface area contributed by atoms with E-state index in [0.29, 0.717) is 6.42 Å². The number of amides is 1. The van der Waals surface area contributed by atoms with Crippen molar-refractivity contribution in [2.75, 3.05) is 7.11 Å². The molecular formula is C17H24ClN3O3. The first-order valence-corrected chi connectivity index (χ1v) is 7.62. The van der Waals surface area contributed by atoms with Gasteiger partial charge in [-0.15, -0.1) is 12.4 Å². The van der Waals surface area contributed by atoms with Gasteiger partial charge >= 0.3 is 5.97 Å². The van der Waals surface area contributed by atoms with Crippen LogP contribution in [0.4, 0.5) is 0 Å². The summed E-state index contributed by atoms with van der Waals surface area (Å²) in [5, 5.41) is 3.72. The van der Waals surface area contributed by atoms with Crippen molar-refractivity contribution < 1.29 is 14.3 Å². The normalized spacial score (nSPS) is 13.2. The van der Waals surface area contributed by atoms with Crippen molar-refractivity contribution in [2.24, 2.45) is 11.7 Å². The van der Waals surface area contributed by atoms with Crippen LogP contribution in [0, 0.1) is 5.92 Å². The predicted molar refractivity (Wildman–Crippen MR) is 96.0 cm³/mol. The summed E-state index contributed by atoms with van der Waals surface area (Å²) in [4.78, 5) is 27.2. The minimum atomic E-state index is -0.736. The number of H-pyrrole nitrogens is 1. The van der Waals surface area contributed by atoms with Crippen LogP contribution >= 0.6 is 12.4 Å². The Hall–Kier alpha value is -2.05. The lowest BCUT2D eigenvalue weighted by atomic mass is 10.0. The molecule has 1 aromatic heterocycles. The van der Waals surface area contributed by atoms with E-state index in [1.165, 1.54) is 7.11 Å². The fraction of sp³-hybridized carbons (Fsp3) is 0.412. The minimum Gasteiger partial charge on any atom is -0.467 e. The number of hydrogen-bond acceptors (Lipinski definition) is 4. The minimum absolute atomic E-state index is 0. The van der Waals surface area contributed by atoms with Gasteiger partial charge < -0.3 is 20.8 Å². The Morgan fingerprint density at radius 2 is 1.96 bits per heavy atom. The van der Waals surface area contributed by atoms with Crippen molar-refractivity contribution in [3.05, 3.63) is 36.0 Å². The van der Waals surface area contributed by atoms with Crippen LogP contribution in [0.25, 0.3) is 10.9 Å². The summed E-state index contributed by atoms with van der Waals surface area (Å²) in [7, 11) is 1.30. The van der Waals surface area contributed by atoms with Gasteiger partial charge in [-0.05, 0) is 24.0 Å². The van der Waals surface area contributed by atoms with E-state index in [1.807, 2.05) is 44.3 Å². The zero-order valence-corrected chi connectivity index (χ0v) is 14.9. The molecule has 2 atom stereocenters. The van der Waals surface area contributed by atoms with Crippen LogP contribution in [0.5, 0.6) is 0 Å². The molecule has 1 aromatic carbocycles. The third-order valence-corrected chi connectivity index (χ3v) is 3.87. The summed E-state index contributed by atoms with van der Waals surface area (Å²) in [6, 6.07) is 6.41. The number of rotatable bonds is 6. The first-order valence-electron chi connectivity index (χ1n) is 7.62. The average molecular weight is 354 g/mol. The lowest BCUT2D eigenvalue weighted by molar-refractivity contribution is -0.146. The molecule has 1 amide bonds. The van der Waals surface area contributed by atoms with Crippen LogP contribution in [-0.2, 0) is 20.7 Å². The number of aromatic nitrogens is 1. The first-order chi connectivity index (χ1) is 10.9. The number of carbonyl (C=O) groups is 2. The molecule has 6 nitrogen and oxygen atoms in total. The van der Waals surface area contributed by atoms with Crippen LogP contribution in [0.1, 0.15) is 19.4 Å². The van der Waals surface area contributed by atoms with Crippen molar-refractivity contribution in [3.63, 3.8) is 0 Å². The van der Waals surface area contributed by atoms with Gasteiger partial charge in [0.05, 0.1) is 13.2 Å². The Morgan fingerprint density at radius 3 is 2.58 bits per heavy atom. The summed E-state index contributed by atoms with van der Waals surface area (Å²) in [5.74, 6) is -0.904. The van der Waals surface area contributed by atoms with E-state index in [9.17, 15) is 9.59 Å². The molecule has 0 saturated carbocycles. The van der Waals surface area contributed by atoms with Crippen LogP contribution in [0.15, 0.2) is 30.5 Å². The number of nitrogens with one attached hydrogen (secondary N) is 2. The van der Waals surface area contributed by atoms with E-state index in [2.05, 4.69) is 10.3 Å².